The summed E-state index contributed by atoms with van der Waals surface area (Å²) in [5.74, 6) is 1.36. The summed E-state index contributed by atoms with van der Waals surface area (Å²) in [4.78, 5) is 20.1. The first-order valence-corrected chi connectivity index (χ1v) is 18.4. The molecular formula is C34H40BrN5O3S2. The van der Waals surface area contributed by atoms with Crippen molar-refractivity contribution in [3.63, 3.8) is 0 Å². The van der Waals surface area contributed by atoms with E-state index in [2.05, 4.69) is 66.1 Å². The Kier molecular flexibility index (Phi) is 12.2. The zero-order valence-electron chi connectivity index (χ0n) is 25.3. The molecule has 1 saturated heterocycles. The monoisotopic (exact) mass is 709 g/mol. The molecule has 0 aliphatic carbocycles. The molecule has 0 aromatic heterocycles. The summed E-state index contributed by atoms with van der Waals surface area (Å²) in [5, 5.41) is 24.3. The first kappa shape index (κ1) is 33.3. The second kappa shape index (κ2) is 16.5. The van der Waals surface area contributed by atoms with Crippen molar-refractivity contribution < 1.29 is 15.2 Å². The van der Waals surface area contributed by atoms with Gasteiger partial charge in [-0.1, -0.05) is 59.3 Å². The van der Waals surface area contributed by atoms with Gasteiger partial charge >= 0.3 is 0 Å². The van der Waals surface area contributed by atoms with E-state index >= 15 is 0 Å². The summed E-state index contributed by atoms with van der Waals surface area (Å²) in [5.41, 5.74) is 3.81. The minimum absolute atomic E-state index is 0.148. The zero-order chi connectivity index (χ0) is 31.6. The van der Waals surface area contributed by atoms with Gasteiger partial charge in [0, 0.05) is 76.6 Å². The van der Waals surface area contributed by atoms with Gasteiger partial charge in [0.25, 0.3) is 5.91 Å². The van der Waals surface area contributed by atoms with Crippen molar-refractivity contribution in [1.82, 2.24) is 9.62 Å². The maximum Gasteiger partial charge on any atom is 0.259 e. The molecule has 0 saturated carbocycles. The fraction of sp³-hybridized carbons (Fsp3) is 0.265. The van der Waals surface area contributed by atoms with Crippen molar-refractivity contribution in [1.29, 1.82) is 0 Å². The van der Waals surface area contributed by atoms with Crippen molar-refractivity contribution in [2.45, 2.75) is 23.3 Å². The van der Waals surface area contributed by atoms with E-state index in [1.807, 2.05) is 67.6 Å². The Balaban J connectivity index is 1.14. The molecule has 4 aromatic rings. The molecule has 8 nitrogen and oxygen atoms in total. The van der Waals surface area contributed by atoms with Gasteiger partial charge in [0.1, 0.15) is 0 Å². The molecule has 45 heavy (non-hydrogen) atoms. The lowest BCUT2D eigenvalue weighted by atomic mass is 10.1. The van der Waals surface area contributed by atoms with Crippen molar-refractivity contribution in [2.24, 2.45) is 0 Å². The van der Waals surface area contributed by atoms with Crippen LogP contribution in [0.25, 0.3) is 0 Å². The number of hydrogen-bond acceptors (Lipinski definition) is 7. The van der Waals surface area contributed by atoms with Gasteiger partial charge in [0.2, 0.25) is 0 Å². The van der Waals surface area contributed by atoms with Crippen molar-refractivity contribution >= 4 is 61.7 Å². The molecule has 1 fully saturated rings. The van der Waals surface area contributed by atoms with Crippen LogP contribution in [0.1, 0.15) is 22.8 Å². The molecule has 238 valence electrons. The fourth-order valence-electron chi connectivity index (χ4n) is 5.27. The quantitative estimate of drug-likeness (QED) is 0.0496. The van der Waals surface area contributed by atoms with E-state index in [-0.39, 0.29) is 11.6 Å². The summed E-state index contributed by atoms with van der Waals surface area (Å²) in [7, 11) is 0. The SMILES string of the molecule is CC[SH](NC(=O)c1ccc(N2CCN(Cc3ccccc3Br)CC2)cc1)c1ccc(NCCSc2ccccc2)c([NH+]([O-])O)c1. The number of amides is 1. The molecule has 0 bridgehead atoms. The Morgan fingerprint density at radius 1 is 0.978 bits per heavy atom. The zero-order valence-corrected chi connectivity index (χ0v) is 28.6. The molecule has 4 aromatic carbocycles. The topological polar surface area (TPSA) is 95.3 Å². The van der Waals surface area contributed by atoms with E-state index in [1.165, 1.54) is 10.5 Å². The van der Waals surface area contributed by atoms with Crippen LogP contribution in [0.3, 0.4) is 0 Å². The minimum atomic E-state index is -1.08. The predicted octanol–water partition coefficient (Wildman–Crippen LogP) is 6.10. The molecule has 1 amide bonds. The van der Waals surface area contributed by atoms with Crippen LogP contribution in [0, 0.1) is 5.21 Å². The Bertz CT molecular complexity index is 1540. The van der Waals surface area contributed by atoms with Crippen molar-refractivity contribution in [3.8, 4) is 0 Å². The highest BCUT2D eigenvalue weighted by Gasteiger charge is 2.20. The number of thiol groups is 1. The van der Waals surface area contributed by atoms with Gasteiger partial charge < -0.3 is 20.1 Å². The standard InChI is InChI=1S/C34H40BrN5O3S2/c1-2-45(30-16-17-32(33(24-30)40(42)43)36-18-23-44-29-9-4-3-5-10-29)37-34(41)26-12-14-28(15-13-26)39-21-19-38(20-22-39)25-27-8-6-7-11-31(27)35/h3-17,24,36,40,42,45H,2,18-23,25H2,1H3,(H,37,41). The molecule has 1 aliphatic rings. The molecule has 0 spiro atoms. The van der Waals surface area contributed by atoms with Gasteiger partial charge in [-0.3, -0.25) is 9.69 Å². The van der Waals surface area contributed by atoms with E-state index in [1.54, 1.807) is 17.8 Å². The van der Waals surface area contributed by atoms with E-state index < -0.39 is 16.3 Å². The number of anilines is 2. The first-order valence-electron chi connectivity index (χ1n) is 15.1. The lowest BCUT2D eigenvalue weighted by Crippen LogP contribution is -2.99. The lowest BCUT2D eigenvalue weighted by molar-refractivity contribution is -0.990. The molecule has 2 atom stereocenters. The van der Waals surface area contributed by atoms with Gasteiger partial charge in [-0.25, -0.2) is 5.21 Å². The summed E-state index contributed by atoms with van der Waals surface area (Å²) < 4.78 is 4.32. The van der Waals surface area contributed by atoms with Crippen LogP contribution in [0.15, 0.2) is 111 Å². The van der Waals surface area contributed by atoms with Crippen LogP contribution in [-0.2, 0) is 6.54 Å². The normalized spacial score (nSPS) is 15.4. The van der Waals surface area contributed by atoms with Crippen LogP contribution in [0.5, 0.6) is 0 Å². The average molecular weight is 711 g/mol. The average Bonchev–Trinajstić information content (AvgIpc) is 3.07. The fourth-order valence-corrected chi connectivity index (χ4v) is 8.04. The third-order valence-electron chi connectivity index (χ3n) is 7.75. The Hall–Kier alpha value is -3.03. The third kappa shape index (κ3) is 9.26. The molecule has 1 aliphatic heterocycles. The molecule has 0 radical (unpaired) electrons. The van der Waals surface area contributed by atoms with Crippen molar-refractivity contribution in [3.05, 3.63) is 118 Å². The van der Waals surface area contributed by atoms with Gasteiger partial charge in [0.15, 0.2) is 5.69 Å². The Morgan fingerprint density at radius 3 is 2.38 bits per heavy atom. The largest absolute Gasteiger partial charge is 0.595 e. The second-order valence-electron chi connectivity index (χ2n) is 10.7. The molecule has 1 heterocycles. The number of quaternary nitrogens is 1. The number of benzene rings is 4. The highest BCUT2D eigenvalue weighted by molar-refractivity contribution is 9.10. The number of rotatable bonds is 13. The van der Waals surface area contributed by atoms with E-state index in [4.69, 9.17) is 0 Å². The van der Waals surface area contributed by atoms with Gasteiger partial charge in [-0.05, 0) is 65.9 Å². The number of thioether (sulfide) groups is 1. The highest BCUT2D eigenvalue weighted by Crippen LogP contribution is 2.36. The molecule has 2 unspecified atom stereocenters. The number of halogens is 1. The van der Waals surface area contributed by atoms with Gasteiger partial charge in [-0.15, -0.1) is 11.8 Å². The number of carbonyl (C=O) groups is 1. The maximum absolute atomic E-state index is 13.2. The maximum atomic E-state index is 13.2. The Labute approximate surface area is 281 Å². The summed E-state index contributed by atoms with van der Waals surface area (Å²) in [6, 6.07) is 31.7. The van der Waals surface area contributed by atoms with Crippen LogP contribution < -0.4 is 20.2 Å². The first-order chi connectivity index (χ1) is 21.9. The van der Waals surface area contributed by atoms with Gasteiger partial charge in [0.05, 0.1) is 5.69 Å². The third-order valence-corrected chi connectivity index (χ3v) is 11.5. The van der Waals surface area contributed by atoms with Crippen LogP contribution in [0.4, 0.5) is 17.1 Å². The second-order valence-corrected chi connectivity index (χ2v) is 15.0. The highest BCUT2D eigenvalue weighted by atomic mass is 79.9. The number of nitrogens with zero attached hydrogens (tertiary/aromatic N) is 2. The van der Waals surface area contributed by atoms with E-state index in [0.29, 0.717) is 23.5 Å². The van der Waals surface area contributed by atoms with Gasteiger partial charge in [-0.2, -0.15) is 16.3 Å². The molecule has 5 rings (SSSR count). The van der Waals surface area contributed by atoms with E-state index in [9.17, 15) is 15.2 Å². The Morgan fingerprint density at radius 2 is 1.69 bits per heavy atom. The minimum Gasteiger partial charge on any atom is -0.595 e. The lowest BCUT2D eigenvalue weighted by Gasteiger charge is -2.36. The summed E-state index contributed by atoms with van der Waals surface area (Å²) >= 11 is 4.30. The number of nitrogens with one attached hydrogen (secondary N) is 3. The number of carbonyl (C=O) groups excluding carboxylic acids is 1. The number of piperazine rings is 1. The molecule has 4 N–H and O–H groups in total. The van der Waals surface area contributed by atoms with Crippen LogP contribution >= 0.6 is 38.8 Å². The summed E-state index contributed by atoms with van der Waals surface area (Å²) in [6.45, 7) is 7.39. The van der Waals surface area contributed by atoms with Crippen LogP contribution in [-0.4, -0.2) is 60.2 Å². The summed E-state index contributed by atoms with van der Waals surface area (Å²) in [6.07, 6.45) is 0. The van der Waals surface area contributed by atoms with Crippen molar-refractivity contribution in [2.75, 3.05) is 54.4 Å². The molecule has 11 heteroatoms. The van der Waals surface area contributed by atoms with Crippen LogP contribution in [0.2, 0.25) is 0 Å². The number of hydrogen-bond donors (Lipinski definition) is 5. The molecular weight excluding hydrogens is 670 g/mol. The van der Waals surface area contributed by atoms with E-state index in [0.717, 1.165) is 53.5 Å². The predicted molar refractivity (Wildman–Crippen MR) is 191 cm³/mol. The smallest absolute Gasteiger partial charge is 0.259 e.